The number of aryl methyl sites for hydroxylation is 1. The van der Waals surface area contributed by atoms with Gasteiger partial charge in [0.15, 0.2) is 11.5 Å². The first-order valence-electron chi connectivity index (χ1n) is 10.2. The molecule has 2 aromatic carbocycles. The van der Waals surface area contributed by atoms with Crippen LogP contribution in [0.3, 0.4) is 0 Å². The van der Waals surface area contributed by atoms with Crippen molar-refractivity contribution in [3.63, 3.8) is 0 Å². The Kier molecular flexibility index (Phi) is 6.45. The van der Waals surface area contributed by atoms with Gasteiger partial charge in [0.2, 0.25) is 6.79 Å². The van der Waals surface area contributed by atoms with E-state index in [0.29, 0.717) is 25.0 Å². The Morgan fingerprint density at radius 3 is 2.59 bits per heavy atom. The smallest absolute Gasteiger partial charge is 0.231 e. The number of rotatable bonds is 7. The van der Waals surface area contributed by atoms with Crippen molar-refractivity contribution in [3.05, 3.63) is 52.5 Å². The number of piperazine rings is 1. The molecule has 0 aliphatic carbocycles. The van der Waals surface area contributed by atoms with Crippen LogP contribution in [-0.4, -0.2) is 57.3 Å². The third-order valence-electron chi connectivity index (χ3n) is 5.65. The summed E-state index contributed by atoms with van der Waals surface area (Å²) >= 11 is 5.97. The van der Waals surface area contributed by atoms with Crippen molar-refractivity contribution in [2.45, 2.75) is 19.6 Å². The molecule has 29 heavy (non-hydrogen) atoms. The lowest BCUT2D eigenvalue weighted by Crippen LogP contribution is -3.28. The Balaban J connectivity index is 1.19. The summed E-state index contributed by atoms with van der Waals surface area (Å²) in [7, 11) is 0. The van der Waals surface area contributed by atoms with E-state index < -0.39 is 6.10 Å². The molecule has 4 rings (SSSR count). The lowest BCUT2D eigenvalue weighted by Gasteiger charge is -2.30. The Morgan fingerprint density at radius 1 is 1.03 bits per heavy atom. The lowest BCUT2D eigenvalue weighted by molar-refractivity contribution is -1.02. The Morgan fingerprint density at radius 2 is 1.79 bits per heavy atom. The minimum absolute atomic E-state index is 0.305. The van der Waals surface area contributed by atoms with Gasteiger partial charge < -0.3 is 29.1 Å². The number of ether oxygens (including phenoxy) is 3. The molecule has 0 saturated carbocycles. The van der Waals surface area contributed by atoms with Gasteiger partial charge in [0.05, 0.1) is 0 Å². The fourth-order valence-corrected chi connectivity index (χ4v) is 4.26. The van der Waals surface area contributed by atoms with E-state index in [1.807, 2.05) is 31.2 Å². The lowest BCUT2D eigenvalue weighted by atomic mass is 10.1. The summed E-state index contributed by atoms with van der Waals surface area (Å²) < 4.78 is 16.6. The van der Waals surface area contributed by atoms with Crippen LogP contribution in [0.4, 0.5) is 0 Å². The highest BCUT2D eigenvalue weighted by atomic mass is 35.5. The van der Waals surface area contributed by atoms with Crippen LogP contribution in [0.15, 0.2) is 36.4 Å². The van der Waals surface area contributed by atoms with Crippen LogP contribution in [0.2, 0.25) is 5.02 Å². The number of fused-ring (bicyclic) bond motifs is 1. The van der Waals surface area contributed by atoms with Gasteiger partial charge in [0.25, 0.3) is 0 Å². The van der Waals surface area contributed by atoms with Crippen LogP contribution in [0.25, 0.3) is 0 Å². The monoisotopic (exact) mass is 420 g/mol. The van der Waals surface area contributed by atoms with E-state index >= 15 is 0 Å². The second kappa shape index (κ2) is 9.22. The van der Waals surface area contributed by atoms with Crippen molar-refractivity contribution in [2.75, 3.05) is 46.1 Å². The van der Waals surface area contributed by atoms with Crippen LogP contribution in [0.1, 0.15) is 11.1 Å². The Hall–Kier alpha value is -1.99. The van der Waals surface area contributed by atoms with Crippen LogP contribution in [-0.2, 0) is 6.54 Å². The predicted molar refractivity (Wildman–Crippen MR) is 110 cm³/mol. The number of halogens is 1. The Bertz CT molecular complexity index is 840. The molecule has 7 heteroatoms. The predicted octanol–water partition coefficient (Wildman–Crippen LogP) is 0.100. The van der Waals surface area contributed by atoms with Crippen molar-refractivity contribution in [1.82, 2.24) is 0 Å². The summed E-state index contributed by atoms with van der Waals surface area (Å²) in [6.45, 7) is 8.57. The first-order chi connectivity index (χ1) is 14.1. The zero-order valence-electron chi connectivity index (χ0n) is 16.7. The highest BCUT2D eigenvalue weighted by Crippen LogP contribution is 2.32. The number of nitrogens with one attached hydrogen (secondary N) is 2. The van der Waals surface area contributed by atoms with Gasteiger partial charge in [-0.15, -0.1) is 0 Å². The molecule has 0 spiro atoms. The van der Waals surface area contributed by atoms with Gasteiger partial charge in [-0.1, -0.05) is 11.6 Å². The molecule has 0 unspecified atom stereocenters. The van der Waals surface area contributed by atoms with Gasteiger partial charge in [-0.25, -0.2) is 0 Å². The first kappa shape index (κ1) is 20.3. The van der Waals surface area contributed by atoms with Gasteiger partial charge in [-0.3, -0.25) is 0 Å². The normalized spacial score (nSPS) is 21.8. The molecular formula is C22H29ClN2O4+2. The van der Waals surface area contributed by atoms with Crippen molar-refractivity contribution >= 4 is 11.6 Å². The molecule has 0 amide bonds. The quantitative estimate of drug-likeness (QED) is 0.594. The zero-order chi connectivity index (χ0) is 20.2. The molecule has 3 N–H and O–H groups in total. The van der Waals surface area contributed by atoms with E-state index in [2.05, 4.69) is 12.1 Å². The molecule has 0 radical (unpaired) electrons. The number of quaternary nitrogens is 2. The molecule has 6 nitrogen and oxygen atoms in total. The van der Waals surface area contributed by atoms with E-state index in [9.17, 15) is 5.11 Å². The molecule has 1 saturated heterocycles. The molecule has 2 aromatic rings. The number of aliphatic hydroxyl groups excluding tert-OH is 1. The molecule has 2 aliphatic rings. The highest BCUT2D eigenvalue weighted by molar-refractivity contribution is 6.30. The van der Waals surface area contributed by atoms with Gasteiger partial charge in [0.1, 0.15) is 57.7 Å². The van der Waals surface area contributed by atoms with Crippen molar-refractivity contribution in [1.29, 1.82) is 0 Å². The Labute approximate surface area is 176 Å². The minimum atomic E-state index is -0.476. The third-order valence-corrected chi connectivity index (χ3v) is 5.88. The van der Waals surface area contributed by atoms with Gasteiger partial charge in [-0.2, -0.15) is 0 Å². The molecule has 0 aromatic heterocycles. The molecular weight excluding hydrogens is 392 g/mol. The van der Waals surface area contributed by atoms with Crippen molar-refractivity contribution in [2.24, 2.45) is 0 Å². The maximum atomic E-state index is 10.4. The summed E-state index contributed by atoms with van der Waals surface area (Å²) in [5.74, 6) is 2.47. The van der Waals surface area contributed by atoms with Crippen LogP contribution >= 0.6 is 11.6 Å². The van der Waals surface area contributed by atoms with E-state index in [4.69, 9.17) is 25.8 Å². The van der Waals surface area contributed by atoms with E-state index in [0.717, 1.165) is 55.5 Å². The average molecular weight is 421 g/mol. The topological polar surface area (TPSA) is 56.8 Å². The van der Waals surface area contributed by atoms with Gasteiger partial charge >= 0.3 is 0 Å². The third kappa shape index (κ3) is 5.34. The average Bonchev–Trinajstić information content (AvgIpc) is 3.17. The summed E-state index contributed by atoms with van der Waals surface area (Å²) in [4.78, 5) is 3.00. The summed E-state index contributed by atoms with van der Waals surface area (Å²) in [6, 6.07) is 11.8. The zero-order valence-corrected chi connectivity index (χ0v) is 17.5. The first-order valence-corrected chi connectivity index (χ1v) is 10.6. The minimum Gasteiger partial charge on any atom is -0.490 e. The largest absolute Gasteiger partial charge is 0.490 e. The summed E-state index contributed by atoms with van der Waals surface area (Å²) in [5.41, 5.74) is 2.26. The second-order valence-electron chi connectivity index (χ2n) is 7.94. The molecule has 1 fully saturated rings. The number of aliphatic hydroxyl groups is 1. The van der Waals surface area contributed by atoms with E-state index in [-0.39, 0.29) is 0 Å². The van der Waals surface area contributed by atoms with Crippen LogP contribution in [0, 0.1) is 6.92 Å². The summed E-state index contributed by atoms with van der Waals surface area (Å²) in [5, 5.41) is 11.1. The number of hydrogen-bond donors (Lipinski definition) is 3. The molecule has 2 heterocycles. The molecule has 2 aliphatic heterocycles. The molecule has 1 atom stereocenters. The fraction of sp³-hybridized carbons (Fsp3) is 0.455. The fourth-order valence-electron chi connectivity index (χ4n) is 4.03. The van der Waals surface area contributed by atoms with Crippen LogP contribution < -0.4 is 24.0 Å². The maximum Gasteiger partial charge on any atom is 0.231 e. The summed E-state index contributed by atoms with van der Waals surface area (Å²) in [6.07, 6.45) is -0.476. The van der Waals surface area contributed by atoms with Crippen molar-refractivity contribution < 1.29 is 29.1 Å². The SMILES string of the molecule is Cc1cc(Cl)ccc1OC[C@H](O)C[NH+]1CC[NH+](Cc2ccc3c(c2)OCO3)CC1. The highest BCUT2D eigenvalue weighted by Gasteiger charge is 2.26. The van der Waals surface area contributed by atoms with E-state index in [1.165, 1.54) is 10.5 Å². The number of benzene rings is 2. The van der Waals surface area contributed by atoms with Gasteiger partial charge in [-0.05, 0) is 48.9 Å². The standard InChI is InChI=1S/C22H27ClN2O4/c1-16-10-18(23)3-5-20(16)27-14-19(26)13-25-8-6-24(7-9-25)12-17-2-4-21-22(11-17)29-15-28-21/h2-5,10-11,19,26H,6-9,12-15H2,1H3/p+2/t19-/m1/s1. The number of hydrogen-bond acceptors (Lipinski definition) is 4. The van der Waals surface area contributed by atoms with E-state index in [1.54, 1.807) is 4.90 Å². The maximum absolute atomic E-state index is 10.4. The second-order valence-corrected chi connectivity index (χ2v) is 8.38. The van der Waals surface area contributed by atoms with Gasteiger partial charge in [0, 0.05) is 10.6 Å². The van der Waals surface area contributed by atoms with Crippen LogP contribution in [0.5, 0.6) is 17.2 Å². The molecule has 0 bridgehead atoms. The van der Waals surface area contributed by atoms with Crippen molar-refractivity contribution in [3.8, 4) is 17.2 Å². The molecule has 156 valence electrons.